The van der Waals surface area contributed by atoms with Gasteiger partial charge in [-0.15, -0.1) is 24.8 Å². The summed E-state index contributed by atoms with van der Waals surface area (Å²) in [5.41, 5.74) is 5.63. The minimum absolute atomic E-state index is 0. The van der Waals surface area contributed by atoms with E-state index in [1.54, 1.807) is 0 Å². The fourth-order valence-electron chi connectivity index (χ4n) is 1.75. The first-order valence-electron chi connectivity index (χ1n) is 4.35. The summed E-state index contributed by atoms with van der Waals surface area (Å²) in [5, 5.41) is 12.5. The normalized spacial score (nSPS) is 19.8. The Labute approximate surface area is 92.3 Å². The van der Waals surface area contributed by atoms with Gasteiger partial charge in [-0.3, -0.25) is 0 Å². The van der Waals surface area contributed by atoms with Crippen LogP contribution in [0.4, 0.5) is 0 Å². The Hall–Kier alpha value is 0.460. The summed E-state index contributed by atoms with van der Waals surface area (Å²) in [4.78, 5) is 0. The van der Waals surface area contributed by atoms with E-state index in [9.17, 15) is 5.11 Å². The van der Waals surface area contributed by atoms with Gasteiger partial charge in [0, 0.05) is 6.61 Å². The molecule has 4 N–H and O–H groups in total. The first-order chi connectivity index (χ1) is 5.33. The molecule has 1 aliphatic rings. The molecule has 0 aromatic rings. The van der Waals surface area contributed by atoms with Gasteiger partial charge in [-0.1, -0.05) is 0 Å². The largest absolute Gasteiger partial charge is 0.396 e. The van der Waals surface area contributed by atoms with Crippen LogP contribution in [0.15, 0.2) is 0 Å². The van der Waals surface area contributed by atoms with Crippen molar-refractivity contribution < 1.29 is 5.11 Å². The summed E-state index contributed by atoms with van der Waals surface area (Å²) in [5.74, 6) is 0. The van der Waals surface area contributed by atoms with Crippen molar-refractivity contribution in [1.82, 2.24) is 5.32 Å². The van der Waals surface area contributed by atoms with Gasteiger partial charge in [-0.05, 0) is 44.3 Å². The van der Waals surface area contributed by atoms with E-state index in [0.717, 1.165) is 32.4 Å². The van der Waals surface area contributed by atoms with E-state index in [2.05, 4.69) is 5.32 Å². The highest BCUT2D eigenvalue weighted by Crippen LogP contribution is 2.31. The molecule has 0 bridgehead atoms. The van der Waals surface area contributed by atoms with Crippen LogP contribution in [0.2, 0.25) is 0 Å². The van der Waals surface area contributed by atoms with Gasteiger partial charge in [-0.25, -0.2) is 0 Å². The summed E-state index contributed by atoms with van der Waals surface area (Å²) in [6.07, 6.45) is 3.10. The van der Waals surface area contributed by atoms with Crippen molar-refractivity contribution in [2.45, 2.75) is 19.3 Å². The van der Waals surface area contributed by atoms with Crippen LogP contribution < -0.4 is 11.1 Å². The number of halogens is 2. The number of nitrogens with two attached hydrogens (primary N) is 1. The van der Waals surface area contributed by atoms with Gasteiger partial charge in [0.1, 0.15) is 0 Å². The number of hydrogen-bond donors (Lipinski definition) is 3. The van der Waals surface area contributed by atoms with Gasteiger partial charge in [0.2, 0.25) is 0 Å². The van der Waals surface area contributed by atoms with Gasteiger partial charge in [-0.2, -0.15) is 0 Å². The monoisotopic (exact) mass is 230 g/mol. The molecule has 0 aliphatic carbocycles. The van der Waals surface area contributed by atoms with E-state index < -0.39 is 0 Å². The highest BCUT2D eigenvalue weighted by Gasteiger charge is 2.29. The van der Waals surface area contributed by atoms with Crippen molar-refractivity contribution in [3.8, 4) is 0 Å². The smallest absolute Gasteiger partial charge is 0.0488 e. The number of aliphatic hydroxyl groups is 1. The van der Waals surface area contributed by atoms with Crippen molar-refractivity contribution in [3.63, 3.8) is 0 Å². The lowest BCUT2D eigenvalue weighted by molar-refractivity contribution is 0.0827. The zero-order chi connectivity index (χ0) is 8.16. The quantitative estimate of drug-likeness (QED) is 0.664. The lowest BCUT2D eigenvalue weighted by Crippen LogP contribution is -2.40. The molecule has 1 fully saturated rings. The second-order valence-corrected chi connectivity index (χ2v) is 3.45. The maximum Gasteiger partial charge on any atom is 0.0488 e. The van der Waals surface area contributed by atoms with Crippen molar-refractivity contribution in [2.75, 3.05) is 26.2 Å². The predicted molar refractivity (Wildman–Crippen MR) is 59.8 cm³/mol. The van der Waals surface area contributed by atoms with Crippen LogP contribution in [0, 0.1) is 5.41 Å². The molecule has 0 unspecified atom stereocenters. The van der Waals surface area contributed by atoms with Crippen LogP contribution >= 0.6 is 24.8 Å². The molecule has 5 heteroatoms. The minimum atomic E-state index is 0. The van der Waals surface area contributed by atoms with Gasteiger partial charge >= 0.3 is 0 Å². The van der Waals surface area contributed by atoms with Gasteiger partial charge in [0.25, 0.3) is 0 Å². The standard InChI is InChI=1S/C8H18N2O.2ClH/c9-4-1-8(7-11)2-5-10-6-3-8;;/h10-11H,1-7,9H2;2*1H. The van der Waals surface area contributed by atoms with Gasteiger partial charge in [0.15, 0.2) is 0 Å². The van der Waals surface area contributed by atoms with Crippen LogP contribution in [-0.2, 0) is 0 Å². The number of aliphatic hydroxyl groups excluding tert-OH is 1. The van der Waals surface area contributed by atoms with E-state index >= 15 is 0 Å². The van der Waals surface area contributed by atoms with Crippen molar-refractivity contribution >= 4 is 24.8 Å². The molecule has 0 aromatic heterocycles. The maximum absolute atomic E-state index is 9.19. The molecular weight excluding hydrogens is 211 g/mol. The molecule has 0 aromatic carbocycles. The van der Waals surface area contributed by atoms with Crippen LogP contribution in [0.5, 0.6) is 0 Å². The Kier molecular flexibility index (Phi) is 9.58. The molecule has 0 saturated carbocycles. The second-order valence-electron chi connectivity index (χ2n) is 3.45. The molecule has 1 saturated heterocycles. The third kappa shape index (κ3) is 4.47. The average Bonchev–Trinajstić information content (AvgIpc) is 2.07. The summed E-state index contributed by atoms with van der Waals surface area (Å²) in [6.45, 7) is 3.05. The highest BCUT2D eigenvalue weighted by atomic mass is 35.5. The Morgan fingerprint density at radius 1 is 1.23 bits per heavy atom. The number of rotatable bonds is 3. The Morgan fingerprint density at radius 3 is 2.15 bits per heavy atom. The van der Waals surface area contributed by atoms with E-state index in [0.29, 0.717) is 13.2 Å². The second kappa shape index (κ2) is 7.83. The molecule has 1 rings (SSSR count). The molecule has 0 spiro atoms. The molecular formula is C8H20Cl2N2O. The number of hydrogen-bond acceptors (Lipinski definition) is 3. The third-order valence-corrected chi connectivity index (χ3v) is 2.67. The molecule has 1 heterocycles. The zero-order valence-electron chi connectivity index (χ0n) is 7.79. The molecule has 0 amide bonds. The molecule has 13 heavy (non-hydrogen) atoms. The molecule has 0 atom stereocenters. The molecule has 3 nitrogen and oxygen atoms in total. The van der Waals surface area contributed by atoms with E-state index in [-0.39, 0.29) is 30.2 Å². The fourth-order valence-corrected chi connectivity index (χ4v) is 1.75. The first kappa shape index (κ1) is 15.9. The van der Waals surface area contributed by atoms with Crippen molar-refractivity contribution in [2.24, 2.45) is 11.1 Å². The predicted octanol–water partition coefficient (Wildman–Crippen LogP) is 0.541. The third-order valence-electron chi connectivity index (χ3n) is 2.67. The maximum atomic E-state index is 9.19. The molecule has 1 aliphatic heterocycles. The summed E-state index contributed by atoms with van der Waals surface area (Å²) < 4.78 is 0. The van der Waals surface area contributed by atoms with Gasteiger partial charge in [0.05, 0.1) is 0 Å². The SMILES string of the molecule is Cl.Cl.NCCC1(CO)CCNCC1. The van der Waals surface area contributed by atoms with Crippen molar-refractivity contribution in [1.29, 1.82) is 0 Å². The zero-order valence-corrected chi connectivity index (χ0v) is 9.42. The van der Waals surface area contributed by atoms with E-state index in [1.165, 1.54) is 0 Å². The Bertz CT molecular complexity index is 113. The topological polar surface area (TPSA) is 58.3 Å². The van der Waals surface area contributed by atoms with Crippen LogP contribution in [0.3, 0.4) is 0 Å². The summed E-state index contributed by atoms with van der Waals surface area (Å²) in [6, 6.07) is 0. The van der Waals surface area contributed by atoms with Crippen molar-refractivity contribution in [3.05, 3.63) is 0 Å². The van der Waals surface area contributed by atoms with Gasteiger partial charge < -0.3 is 16.2 Å². The van der Waals surface area contributed by atoms with E-state index in [1.807, 2.05) is 0 Å². The first-order valence-corrected chi connectivity index (χ1v) is 4.35. The lowest BCUT2D eigenvalue weighted by Gasteiger charge is -2.35. The Balaban J connectivity index is 0. The van der Waals surface area contributed by atoms with Crippen LogP contribution in [-0.4, -0.2) is 31.3 Å². The average molecular weight is 231 g/mol. The summed E-state index contributed by atoms with van der Waals surface area (Å²) in [7, 11) is 0. The number of nitrogens with one attached hydrogen (secondary N) is 1. The Morgan fingerprint density at radius 2 is 1.77 bits per heavy atom. The summed E-state index contributed by atoms with van der Waals surface area (Å²) >= 11 is 0. The lowest BCUT2D eigenvalue weighted by atomic mass is 9.77. The molecule has 0 radical (unpaired) electrons. The fraction of sp³-hybridized carbons (Fsp3) is 1.00. The van der Waals surface area contributed by atoms with Crippen LogP contribution in [0.25, 0.3) is 0 Å². The molecule has 82 valence electrons. The highest BCUT2D eigenvalue weighted by molar-refractivity contribution is 5.85. The number of piperidine rings is 1. The van der Waals surface area contributed by atoms with E-state index in [4.69, 9.17) is 5.73 Å². The minimum Gasteiger partial charge on any atom is -0.396 e. The van der Waals surface area contributed by atoms with Crippen LogP contribution in [0.1, 0.15) is 19.3 Å².